The van der Waals surface area contributed by atoms with Crippen molar-refractivity contribution < 1.29 is 4.42 Å². The molecule has 3 heterocycles. The van der Waals surface area contributed by atoms with Gasteiger partial charge in [0.05, 0.1) is 20.8 Å². The van der Waals surface area contributed by atoms with Gasteiger partial charge in [-0.1, -0.05) is 0 Å². The minimum Gasteiger partial charge on any atom is -0.456 e. The molecule has 0 aliphatic rings. The molecule has 0 unspecified atom stereocenters. The van der Waals surface area contributed by atoms with Crippen molar-refractivity contribution in [1.29, 1.82) is 0 Å². The van der Waals surface area contributed by atoms with Gasteiger partial charge in [0.1, 0.15) is 11.2 Å². The van der Waals surface area contributed by atoms with E-state index in [4.69, 9.17) is 15.9 Å². The molecule has 4 N–H and O–H groups in total. The Bertz CT molecular complexity index is 1280. The molecule has 5 rings (SSSR count). The van der Waals surface area contributed by atoms with Crippen LogP contribution in [0, 0.1) is 0 Å². The van der Waals surface area contributed by atoms with E-state index in [1.807, 2.05) is 60.7 Å². The summed E-state index contributed by atoms with van der Waals surface area (Å²) in [6.07, 6.45) is 0. The average Bonchev–Trinajstić information content (AvgIpc) is 3.30. The lowest BCUT2D eigenvalue weighted by Gasteiger charge is -2.05. The van der Waals surface area contributed by atoms with Gasteiger partial charge < -0.3 is 15.9 Å². The predicted octanol–water partition coefficient (Wildman–Crippen LogP) is 5.57. The summed E-state index contributed by atoms with van der Waals surface area (Å²) in [6.45, 7) is 0. The molecule has 0 aliphatic carbocycles. The highest BCUT2D eigenvalue weighted by Gasteiger charge is 2.12. The number of rotatable bonds is 2. The zero-order valence-electron chi connectivity index (χ0n) is 14.1. The first-order valence-corrected chi connectivity index (χ1v) is 9.94. The lowest BCUT2D eigenvalue weighted by molar-refractivity contribution is 0.660. The Kier molecular flexibility index (Phi) is 3.56. The minimum atomic E-state index is -0.0380. The quantitative estimate of drug-likeness (QED) is 0.386. The normalized spacial score (nSPS) is 11.4. The van der Waals surface area contributed by atoms with E-state index in [0.29, 0.717) is 21.9 Å². The van der Waals surface area contributed by atoms with E-state index in [9.17, 15) is 4.79 Å². The minimum absolute atomic E-state index is 0.0380. The highest BCUT2D eigenvalue weighted by molar-refractivity contribution is 7.19. The Labute approximate surface area is 162 Å². The van der Waals surface area contributed by atoms with Gasteiger partial charge >= 0.3 is 0 Å². The van der Waals surface area contributed by atoms with Gasteiger partial charge in [-0.05, 0) is 71.8 Å². The standard InChI is InChI=1S/C21H14N2O2S2/c22-19-7-5-17(26-19)11-1-3-15-13(9-11)21(24)14-10-12(2-4-16(14)25-15)18-6-8-20(23)27-18/h1-10H,22-23H2. The van der Waals surface area contributed by atoms with Crippen LogP contribution in [0.3, 0.4) is 0 Å². The molecule has 4 nitrogen and oxygen atoms in total. The summed E-state index contributed by atoms with van der Waals surface area (Å²) < 4.78 is 5.98. The maximum Gasteiger partial charge on any atom is 0.200 e. The molecule has 0 fully saturated rings. The monoisotopic (exact) mass is 390 g/mol. The second kappa shape index (κ2) is 5.97. The van der Waals surface area contributed by atoms with Crippen molar-refractivity contribution in [3.63, 3.8) is 0 Å². The molecule has 0 amide bonds. The summed E-state index contributed by atoms with van der Waals surface area (Å²) in [4.78, 5) is 15.2. The lowest BCUT2D eigenvalue weighted by atomic mass is 10.1. The molecule has 0 saturated heterocycles. The second-order valence-corrected chi connectivity index (χ2v) is 8.49. The van der Waals surface area contributed by atoms with Crippen LogP contribution in [0.5, 0.6) is 0 Å². The summed E-state index contributed by atoms with van der Waals surface area (Å²) in [5.41, 5.74) is 14.7. The van der Waals surface area contributed by atoms with Crippen molar-refractivity contribution in [2.24, 2.45) is 0 Å². The van der Waals surface area contributed by atoms with E-state index in [2.05, 4.69) is 0 Å². The zero-order chi connectivity index (χ0) is 18.5. The van der Waals surface area contributed by atoms with Crippen LogP contribution in [-0.2, 0) is 0 Å². The molecule has 2 aromatic carbocycles. The molecule has 0 atom stereocenters. The van der Waals surface area contributed by atoms with E-state index in [1.54, 1.807) is 0 Å². The highest BCUT2D eigenvalue weighted by Crippen LogP contribution is 2.33. The van der Waals surface area contributed by atoms with Crippen LogP contribution in [0.25, 0.3) is 42.8 Å². The molecule has 3 aromatic heterocycles. The summed E-state index contributed by atoms with van der Waals surface area (Å²) in [6, 6.07) is 19.0. The van der Waals surface area contributed by atoms with Crippen LogP contribution in [-0.4, -0.2) is 0 Å². The number of hydrogen-bond acceptors (Lipinski definition) is 6. The summed E-state index contributed by atoms with van der Waals surface area (Å²) in [5.74, 6) is 0. The Balaban J connectivity index is 1.74. The highest BCUT2D eigenvalue weighted by atomic mass is 32.1. The molecular formula is C21H14N2O2S2. The van der Waals surface area contributed by atoms with E-state index >= 15 is 0 Å². The molecule has 6 heteroatoms. The second-order valence-electron chi connectivity index (χ2n) is 6.26. The molecule has 0 bridgehead atoms. The number of nitrogens with two attached hydrogens (primary N) is 2. The van der Waals surface area contributed by atoms with Gasteiger partial charge in [-0.25, -0.2) is 0 Å². The maximum atomic E-state index is 13.2. The topological polar surface area (TPSA) is 82.2 Å². The SMILES string of the molecule is Nc1ccc(-c2ccc3oc4ccc(-c5ccc(N)s5)cc4c(=O)c3c2)s1. The Hall–Kier alpha value is -3.09. The smallest absolute Gasteiger partial charge is 0.200 e. The van der Waals surface area contributed by atoms with Gasteiger partial charge in [0, 0.05) is 9.75 Å². The van der Waals surface area contributed by atoms with Crippen molar-refractivity contribution in [3.05, 3.63) is 70.9 Å². The predicted molar refractivity (Wildman–Crippen MR) is 115 cm³/mol. The Morgan fingerprint density at radius 1 is 0.667 bits per heavy atom. The van der Waals surface area contributed by atoms with E-state index < -0.39 is 0 Å². The third kappa shape index (κ3) is 2.70. The lowest BCUT2D eigenvalue weighted by Crippen LogP contribution is -2.02. The molecular weight excluding hydrogens is 376 g/mol. The molecule has 27 heavy (non-hydrogen) atoms. The van der Waals surface area contributed by atoms with Crippen molar-refractivity contribution in [3.8, 4) is 20.9 Å². The summed E-state index contributed by atoms with van der Waals surface area (Å²) in [5, 5.41) is 2.62. The van der Waals surface area contributed by atoms with Gasteiger partial charge in [0.15, 0.2) is 0 Å². The third-order valence-corrected chi connectivity index (χ3v) is 6.42. The van der Waals surface area contributed by atoms with E-state index in [-0.39, 0.29) is 5.43 Å². The first kappa shape index (κ1) is 16.1. The van der Waals surface area contributed by atoms with Gasteiger partial charge in [0.2, 0.25) is 5.43 Å². The van der Waals surface area contributed by atoms with Crippen LogP contribution >= 0.6 is 22.7 Å². The van der Waals surface area contributed by atoms with Crippen molar-refractivity contribution in [2.45, 2.75) is 0 Å². The number of hydrogen-bond donors (Lipinski definition) is 2. The van der Waals surface area contributed by atoms with Crippen molar-refractivity contribution in [2.75, 3.05) is 11.5 Å². The Morgan fingerprint density at radius 2 is 1.15 bits per heavy atom. The molecule has 0 saturated carbocycles. The number of benzene rings is 2. The van der Waals surface area contributed by atoms with Crippen LogP contribution in [0.2, 0.25) is 0 Å². The number of anilines is 2. The van der Waals surface area contributed by atoms with Gasteiger partial charge in [-0.15, -0.1) is 22.7 Å². The maximum absolute atomic E-state index is 13.2. The fourth-order valence-corrected chi connectivity index (χ4v) is 4.72. The Morgan fingerprint density at radius 3 is 1.56 bits per heavy atom. The number of thiophene rings is 2. The largest absolute Gasteiger partial charge is 0.456 e. The van der Waals surface area contributed by atoms with E-state index in [0.717, 1.165) is 30.9 Å². The number of nitrogen functional groups attached to an aromatic ring is 2. The van der Waals surface area contributed by atoms with Gasteiger partial charge in [-0.2, -0.15) is 0 Å². The molecule has 0 spiro atoms. The first-order chi connectivity index (χ1) is 13.1. The van der Waals surface area contributed by atoms with Crippen LogP contribution in [0.15, 0.2) is 69.9 Å². The summed E-state index contributed by atoms with van der Waals surface area (Å²) in [7, 11) is 0. The van der Waals surface area contributed by atoms with Gasteiger partial charge in [0.25, 0.3) is 0 Å². The summed E-state index contributed by atoms with van der Waals surface area (Å²) >= 11 is 2.99. The van der Waals surface area contributed by atoms with Crippen LogP contribution in [0.1, 0.15) is 0 Å². The van der Waals surface area contributed by atoms with Crippen LogP contribution in [0.4, 0.5) is 10.0 Å². The van der Waals surface area contributed by atoms with E-state index in [1.165, 1.54) is 22.7 Å². The molecule has 132 valence electrons. The van der Waals surface area contributed by atoms with Gasteiger partial charge in [-0.3, -0.25) is 4.79 Å². The van der Waals surface area contributed by atoms with Crippen molar-refractivity contribution >= 4 is 54.6 Å². The average molecular weight is 390 g/mol. The molecule has 0 aliphatic heterocycles. The molecule has 0 radical (unpaired) electrons. The fourth-order valence-electron chi connectivity index (χ4n) is 3.18. The fraction of sp³-hybridized carbons (Fsp3) is 0. The zero-order valence-corrected chi connectivity index (χ0v) is 15.7. The third-order valence-electron chi connectivity index (χ3n) is 4.49. The first-order valence-electron chi connectivity index (χ1n) is 8.30. The van der Waals surface area contributed by atoms with Crippen molar-refractivity contribution in [1.82, 2.24) is 0 Å². The number of fused-ring (bicyclic) bond motifs is 2. The molecule has 5 aromatic rings. The van der Waals surface area contributed by atoms with Crippen LogP contribution < -0.4 is 16.9 Å².